The Bertz CT molecular complexity index is 1190. The second kappa shape index (κ2) is 6.51. The number of nitrogens with one attached hydrogen (secondary N) is 3. The van der Waals surface area contributed by atoms with Gasteiger partial charge in [-0.1, -0.05) is 0 Å². The number of carbonyl (C=O) groups excluding carboxylic acids is 1. The highest BCUT2D eigenvalue weighted by Crippen LogP contribution is 2.67. The third-order valence-corrected chi connectivity index (χ3v) is 6.10. The third-order valence-electron chi connectivity index (χ3n) is 6.10. The molecular formula is C19H20N8O3. The van der Waals surface area contributed by atoms with Crippen molar-refractivity contribution in [1.82, 2.24) is 35.0 Å². The molecule has 2 aliphatic carbocycles. The molecule has 5 rings (SSSR count). The van der Waals surface area contributed by atoms with E-state index >= 15 is 0 Å². The predicted molar refractivity (Wildman–Crippen MR) is 105 cm³/mol. The molecule has 0 spiro atoms. The zero-order valence-corrected chi connectivity index (χ0v) is 16.3. The molecule has 0 saturated heterocycles. The highest BCUT2D eigenvalue weighted by Gasteiger charge is 2.75. The van der Waals surface area contributed by atoms with Gasteiger partial charge in [0.1, 0.15) is 11.8 Å². The van der Waals surface area contributed by atoms with Crippen LogP contribution in [0.25, 0.3) is 11.2 Å². The predicted octanol–water partition coefficient (Wildman–Crippen LogP) is -0.980. The van der Waals surface area contributed by atoms with Crippen molar-refractivity contribution in [2.45, 2.75) is 24.7 Å². The van der Waals surface area contributed by atoms with E-state index in [0.29, 0.717) is 29.1 Å². The topological polar surface area (TPSA) is 154 Å². The number of carbonyl (C=O) groups is 1. The van der Waals surface area contributed by atoms with Gasteiger partial charge < -0.3 is 25.4 Å². The molecule has 2 aliphatic rings. The molecule has 2 fully saturated rings. The average molecular weight is 408 g/mol. The van der Waals surface area contributed by atoms with Gasteiger partial charge in [-0.2, -0.15) is 5.10 Å². The zero-order valence-electron chi connectivity index (χ0n) is 16.3. The van der Waals surface area contributed by atoms with Crippen LogP contribution in [0.2, 0.25) is 0 Å². The summed E-state index contributed by atoms with van der Waals surface area (Å²) in [6.07, 6.45) is 1.44. The zero-order chi connectivity index (χ0) is 21.0. The van der Waals surface area contributed by atoms with Crippen molar-refractivity contribution in [3.63, 3.8) is 0 Å². The summed E-state index contributed by atoms with van der Waals surface area (Å²) >= 11 is 0. The number of imidazole rings is 1. The molecule has 0 radical (unpaired) electrons. The summed E-state index contributed by atoms with van der Waals surface area (Å²) in [4.78, 5) is 25.7. The van der Waals surface area contributed by atoms with E-state index in [1.54, 1.807) is 30.2 Å². The Morgan fingerprint density at radius 3 is 2.87 bits per heavy atom. The summed E-state index contributed by atoms with van der Waals surface area (Å²) < 4.78 is 1.72. The molecular weight excluding hydrogens is 388 g/mol. The molecule has 3 aromatic rings. The summed E-state index contributed by atoms with van der Waals surface area (Å²) in [5, 5.41) is 33.6. The maximum Gasteiger partial charge on any atom is 0.229 e. The maximum atomic E-state index is 12.4. The van der Waals surface area contributed by atoms with E-state index in [9.17, 15) is 15.0 Å². The highest BCUT2D eigenvalue weighted by atomic mass is 16.3. The number of hydrogen-bond acceptors (Lipinski definition) is 8. The van der Waals surface area contributed by atoms with Crippen molar-refractivity contribution in [2.75, 3.05) is 19.4 Å². The number of H-pyrrole nitrogens is 1. The van der Waals surface area contributed by atoms with Crippen LogP contribution in [0.5, 0.6) is 0 Å². The minimum absolute atomic E-state index is 0.216. The number of aromatic amines is 1. The molecule has 0 aromatic carbocycles. The molecule has 11 nitrogen and oxygen atoms in total. The molecule has 154 valence electrons. The van der Waals surface area contributed by atoms with Crippen LogP contribution in [0.4, 0.5) is 5.82 Å². The van der Waals surface area contributed by atoms with E-state index < -0.39 is 23.7 Å². The molecule has 5 N–H and O–H groups in total. The van der Waals surface area contributed by atoms with Gasteiger partial charge in [-0.05, 0) is 24.3 Å². The Morgan fingerprint density at radius 1 is 1.33 bits per heavy atom. The second-order valence-corrected chi connectivity index (χ2v) is 7.54. The van der Waals surface area contributed by atoms with Gasteiger partial charge in [0.2, 0.25) is 11.7 Å². The van der Waals surface area contributed by atoms with E-state index in [2.05, 4.69) is 47.6 Å². The summed E-state index contributed by atoms with van der Waals surface area (Å²) in [5.74, 6) is 6.04. The summed E-state index contributed by atoms with van der Waals surface area (Å²) in [5.41, 5.74) is 0.566. The summed E-state index contributed by atoms with van der Waals surface area (Å²) in [7, 11) is 3.25. The first kappa shape index (κ1) is 18.5. The lowest BCUT2D eigenvalue weighted by molar-refractivity contribution is -0.132. The number of nitrogens with zero attached hydrogens (tertiary/aromatic N) is 5. The number of amides is 1. The van der Waals surface area contributed by atoms with Crippen LogP contribution >= 0.6 is 0 Å². The third kappa shape index (κ3) is 2.44. The molecule has 11 heteroatoms. The fourth-order valence-electron chi connectivity index (χ4n) is 4.60. The lowest BCUT2D eigenvalue weighted by Crippen LogP contribution is -2.41. The normalized spacial score (nSPS) is 29.2. The number of aromatic nitrogens is 6. The average Bonchev–Trinajstić information content (AvgIpc) is 3.06. The van der Waals surface area contributed by atoms with Crippen molar-refractivity contribution in [3.8, 4) is 11.8 Å². The van der Waals surface area contributed by atoms with Gasteiger partial charge in [0.25, 0.3) is 0 Å². The molecule has 3 heterocycles. The lowest BCUT2D eigenvalue weighted by Gasteiger charge is -2.23. The van der Waals surface area contributed by atoms with Gasteiger partial charge in [-0.15, -0.1) is 0 Å². The SMILES string of the molecule is CNC(=O)C12CC1[C@@H](n1cnc3c(NC)nc(C#Cc4cc[nH]n4)nc31)[C@H](O)[C@@H]2O. The summed E-state index contributed by atoms with van der Waals surface area (Å²) in [6.45, 7) is 0. The molecule has 30 heavy (non-hydrogen) atoms. The molecule has 2 unspecified atom stereocenters. The number of aliphatic hydroxyl groups excluding tert-OH is 2. The standard InChI is InChI=1S/C19H20N8O3/c1-20-16-12-17(25-11(24-16)4-3-9-5-6-23-26-9)27(8-22-12)13-10-7-19(10,18(30)21-2)15(29)14(13)28/h5-6,8,10,13-15,28-29H,7H2,1-2H3,(H,21,30)(H,23,26)(H,20,24,25)/t10?,13-,14+,15+,19?/m1/s1. The molecule has 2 saturated carbocycles. The molecule has 3 aromatic heterocycles. The smallest absolute Gasteiger partial charge is 0.229 e. The first-order chi connectivity index (χ1) is 14.5. The van der Waals surface area contributed by atoms with Gasteiger partial charge in [0, 0.05) is 26.2 Å². The number of anilines is 1. The van der Waals surface area contributed by atoms with E-state index in [0.717, 1.165) is 0 Å². The minimum atomic E-state index is -1.16. The number of fused-ring (bicyclic) bond motifs is 2. The van der Waals surface area contributed by atoms with Crippen LogP contribution in [-0.2, 0) is 4.79 Å². The van der Waals surface area contributed by atoms with Crippen molar-refractivity contribution < 1.29 is 15.0 Å². The summed E-state index contributed by atoms with van der Waals surface area (Å²) in [6, 6.07) is 1.20. The van der Waals surface area contributed by atoms with Gasteiger partial charge in [-0.3, -0.25) is 9.89 Å². The lowest BCUT2D eigenvalue weighted by atomic mass is 9.98. The highest BCUT2D eigenvalue weighted by molar-refractivity contribution is 5.88. The fourth-order valence-corrected chi connectivity index (χ4v) is 4.60. The molecule has 5 atom stereocenters. The molecule has 1 amide bonds. The first-order valence-corrected chi connectivity index (χ1v) is 9.53. The van der Waals surface area contributed by atoms with Crippen LogP contribution in [0.15, 0.2) is 18.6 Å². The largest absolute Gasteiger partial charge is 0.389 e. The number of aliphatic hydroxyl groups is 2. The number of rotatable bonds is 3. The molecule has 0 bridgehead atoms. The Labute approximate surface area is 170 Å². The maximum absolute atomic E-state index is 12.4. The monoisotopic (exact) mass is 408 g/mol. The Hall–Kier alpha value is -3.49. The fraction of sp³-hybridized carbons (Fsp3) is 0.421. The van der Waals surface area contributed by atoms with Gasteiger partial charge in [0.15, 0.2) is 17.0 Å². The van der Waals surface area contributed by atoms with Crippen LogP contribution in [0.3, 0.4) is 0 Å². The van der Waals surface area contributed by atoms with E-state index in [4.69, 9.17) is 0 Å². The Balaban J connectivity index is 1.59. The van der Waals surface area contributed by atoms with E-state index in [-0.39, 0.29) is 17.6 Å². The van der Waals surface area contributed by atoms with Crippen molar-refractivity contribution in [2.24, 2.45) is 11.3 Å². The Kier molecular flexibility index (Phi) is 4.02. The van der Waals surface area contributed by atoms with Crippen LogP contribution in [0.1, 0.15) is 24.0 Å². The minimum Gasteiger partial charge on any atom is -0.389 e. The number of hydrogen-bond donors (Lipinski definition) is 5. The molecule has 0 aliphatic heterocycles. The van der Waals surface area contributed by atoms with Crippen LogP contribution in [-0.4, -0.2) is 72.1 Å². The van der Waals surface area contributed by atoms with Crippen molar-refractivity contribution in [1.29, 1.82) is 0 Å². The van der Waals surface area contributed by atoms with Crippen molar-refractivity contribution in [3.05, 3.63) is 30.1 Å². The van der Waals surface area contributed by atoms with Crippen molar-refractivity contribution >= 4 is 22.9 Å². The van der Waals surface area contributed by atoms with Crippen LogP contribution < -0.4 is 10.6 Å². The van der Waals surface area contributed by atoms with Gasteiger partial charge in [0.05, 0.1) is 23.9 Å². The quantitative estimate of drug-likeness (QED) is 0.347. The first-order valence-electron chi connectivity index (χ1n) is 9.53. The van der Waals surface area contributed by atoms with Crippen LogP contribution in [0, 0.1) is 23.2 Å². The second-order valence-electron chi connectivity index (χ2n) is 7.54. The van der Waals surface area contributed by atoms with E-state index in [1.807, 2.05) is 0 Å². The van der Waals surface area contributed by atoms with Gasteiger partial charge >= 0.3 is 0 Å². The van der Waals surface area contributed by atoms with E-state index in [1.165, 1.54) is 7.05 Å². The Morgan fingerprint density at radius 2 is 2.17 bits per heavy atom. The van der Waals surface area contributed by atoms with Gasteiger partial charge in [-0.25, -0.2) is 15.0 Å².